The van der Waals surface area contributed by atoms with Gasteiger partial charge in [-0.3, -0.25) is 0 Å². The zero-order valence-electron chi connectivity index (χ0n) is 34.8. The number of hydrogen-bond acceptors (Lipinski definition) is 5. The quantitative estimate of drug-likeness (QED) is 0.169. The molecule has 0 aliphatic heterocycles. The molecule has 0 saturated carbocycles. The normalized spacial score (nSPS) is 17.2. The minimum Gasteiger partial charge on any atom is -0.459 e. The van der Waals surface area contributed by atoms with Gasteiger partial charge in [0.25, 0.3) is 0 Å². The van der Waals surface area contributed by atoms with Gasteiger partial charge in [-0.15, -0.1) is 0 Å². The number of fused-ring (bicyclic) bond motifs is 4. The predicted octanol–water partition coefficient (Wildman–Crippen LogP) is 14.1. The average molecular weight is 769 g/mol. The smallest absolute Gasteiger partial charge is 0.161 e. The summed E-state index contributed by atoms with van der Waals surface area (Å²) in [6.07, 6.45) is 5.42. The summed E-state index contributed by atoms with van der Waals surface area (Å²) in [6.45, 7) is 16.6. The first kappa shape index (κ1) is 36.9. The molecule has 3 aromatic heterocycles. The molecule has 290 valence electrons. The molecule has 10 rings (SSSR count). The third kappa shape index (κ3) is 5.81. The van der Waals surface area contributed by atoms with Gasteiger partial charge >= 0.3 is 0 Å². The van der Waals surface area contributed by atoms with Crippen molar-refractivity contribution in [2.75, 3.05) is 0 Å². The molecule has 2 aliphatic carbocycles. The number of furan rings is 1. The van der Waals surface area contributed by atoms with Crippen LogP contribution in [0.3, 0.4) is 0 Å². The van der Waals surface area contributed by atoms with E-state index in [1.165, 1.54) is 11.1 Å². The molecule has 59 heavy (non-hydrogen) atoms. The van der Waals surface area contributed by atoms with Crippen LogP contribution in [-0.4, -0.2) is 19.9 Å². The van der Waals surface area contributed by atoms with E-state index in [1.807, 2.05) is 18.2 Å². The second kappa shape index (κ2) is 13.6. The van der Waals surface area contributed by atoms with Gasteiger partial charge in [-0.25, -0.2) is 19.9 Å². The van der Waals surface area contributed by atoms with Crippen molar-refractivity contribution >= 4 is 17.0 Å². The standard InChI is InChI=1S/C54H48N4O/c1-33-19-17-26-37-38-27-18-28-39(49(38)59-48(33)37)47-32-46(36-24-15-10-16-25-36)57-51(58-47)41-30-43-42(52(2,3)54(6,7)53(43,4)5)29-40(41)50-55-44(34-20-11-8-12-21-34)31-45(56-50)35-22-13-9-14-23-35/h8-18,20-33H,19H2,1-7H3. The number of para-hydroxylation sites is 1. The SMILES string of the molecule is CC1CC=Cc2c1oc1c(-c3cc(-c4ccccc4)nc(-c4cc5c(cc4-c4nc(-c6ccccc6)cc(-c6ccccc6)n4)C(C)(C)C(C)(C)C5(C)C)n3)cccc21. The maximum atomic E-state index is 6.78. The lowest BCUT2D eigenvalue weighted by atomic mass is 9.59. The summed E-state index contributed by atoms with van der Waals surface area (Å²) in [7, 11) is 0. The monoisotopic (exact) mass is 768 g/mol. The van der Waals surface area contributed by atoms with Crippen molar-refractivity contribution in [2.24, 2.45) is 5.41 Å². The fourth-order valence-electron chi connectivity index (χ4n) is 9.40. The van der Waals surface area contributed by atoms with Gasteiger partial charge in [0.15, 0.2) is 11.6 Å². The van der Waals surface area contributed by atoms with Crippen LogP contribution in [0.4, 0.5) is 0 Å². The van der Waals surface area contributed by atoms with Crippen LogP contribution in [0.15, 0.2) is 144 Å². The van der Waals surface area contributed by atoms with Gasteiger partial charge in [0, 0.05) is 50.2 Å². The zero-order valence-corrected chi connectivity index (χ0v) is 34.8. The highest BCUT2D eigenvalue weighted by Gasteiger charge is 2.57. The maximum absolute atomic E-state index is 6.78. The summed E-state index contributed by atoms with van der Waals surface area (Å²) in [5.41, 5.74) is 13.4. The number of benzene rings is 5. The molecule has 2 aliphatic rings. The third-order valence-electron chi connectivity index (χ3n) is 14.1. The van der Waals surface area contributed by atoms with E-state index in [0.29, 0.717) is 17.6 Å². The lowest BCUT2D eigenvalue weighted by Crippen LogP contribution is -2.42. The Balaban J connectivity index is 1.29. The van der Waals surface area contributed by atoms with Gasteiger partial charge in [0.2, 0.25) is 0 Å². The van der Waals surface area contributed by atoms with Gasteiger partial charge in [-0.2, -0.15) is 0 Å². The van der Waals surface area contributed by atoms with Crippen molar-refractivity contribution in [3.8, 4) is 67.8 Å². The highest BCUT2D eigenvalue weighted by Crippen LogP contribution is 2.62. The van der Waals surface area contributed by atoms with Crippen molar-refractivity contribution in [3.05, 3.63) is 162 Å². The van der Waals surface area contributed by atoms with E-state index in [0.717, 1.165) is 84.9 Å². The molecule has 1 unspecified atom stereocenters. The Labute approximate surface area is 347 Å². The molecule has 3 heterocycles. The van der Waals surface area contributed by atoms with Gasteiger partial charge in [0.1, 0.15) is 11.3 Å². The molecular weight excluding hydrogens is 721 g/mol. The summed E-state index contributed by atoms with van der Waals surface area (Å²) in [6, 6.07) is 46.5. The van der Waals surface area contributed by atoms with E-state index in [1.54, 1.807) is 0 Å². The molecule has 5 nitrogen and oxygen atoms in total. The lowest BCUT2D eigenvalue weighted by Gasteiger charge is -2.44. The second-order valence-corrected chi connectivity index (χ2v) is 17.9. The topological polar surface area (TPSA) is 64.7 Å². The fourth-order valence-corrected chi connectivity index (χ4v) is 9.40. The number of nitrogens with zero attached hydrogens (tertiary/aromatic N) is 4. The number of aromatic nitrogens is 4. The van der Waals surface area contributed by atoms with Gasteiger partial charge in [-0.05, 0) is 64.1 Å². The molecule has 0 bridgehead atoms. The fraction of sp³-hybridized carbons (Fsp3) is 0.222. The van der Waals surface area contributed by atoms with Gasteiger partial charge in [-0.1, -0.05) is 164 Å². The molecule has 5 aromatic carbocycles. The molecular formula is C54H48N4O. The first-order valence-electron chi connectivity index (χ1n) is 20.8. The van der Waals surface area contributed by atoms with E-state index in [-0.39, 0.29) is 16.2 Å². The molecule has 0 radical (unpaired) electrons. The van der Waals surface area contributed by atoms with Gasteiger partial charge < -0.3 is 4.42 Å². The summed E-state index contributed by atoms with van der Waals surface area (Å²) in [5.74, 6) is 2.59. The first-order chi connectivity index (χ1) is 28.4. The summed E-state index contributed by atoms with van der Waals surface area (Å²) < 4.78 is 6.78. The van der Waals surface area contributed by atoms with Crippen LogP contribution in [0.25, 0.3) is 84.9 Å². The predicted molar refractivity (Wildman–Crippen MR) is 242 cm³/mol. The molecule has 0 N–H and O–H groups in total. The van der Waals surface area contributed by atoms with Crippen LogP contribution in [0.1, 0.15) is 83.3 Å². The van der Waals surface area contributed by atoms with Crippen molar-refractivity contribution < 1.29 is 4.42 Å². The summed E-state index contributed by atoms with van der Waals surface area (Å²) in [4.78, 5) is 21.7. The Morgan fingerprint density at radius 1 is 0.508 bits per heavy atom. The van der Waals surface area contributed by atoms with Crippen molar-refractivity contribution in [1.82, 2.24) is 19.9 Å². The Bertz CT molecular complexity index is 2880. The van der Waals surface area contributed by atoms with Crippen molar-refractivity contribution in [1.29, 1.82) is 0 Å². The van der Waals surface area contributed by atoms with Crippen LogP contribution in [0, 0.1) is 5.41 Å². The lowest BCUT2D eigenvalue weighted by molar-refractivity contribution is 0.125. The largest absolute Gasteiger partial charge is 0.459 e. The minimum absolute atomic E-state index is 0.0717. The van der Waals surface area contributed by atoms with Crippen LogP contribution in [0.2, 0.25) is 0 Å². The van der Waals surface area contributed by atoms with Crippen molar-refractivity contribution in [2.45, 2.75) is 71.6 Å². The summed E-state index contributed by atoms with van der Waals surface area (Å²) >= 11 is 0. The Morgan fingerprint density at radius 3 is 1.46 bits per heavy atom. The van der Waals surface area contributed by atoms with Crippen LogP contribution >= 0.6 is 0 Å². The van der Waals surface area contributed by atoms with E-state index in [2.05, 4.69) is 176 Å². The van der Waals surface area contributed by atoms with E-state index < -0.39 is 0 Å². The molecule has 8 aromatic rings. The number of hydrogen-bond donors (Lipinski definition) is 0. The second-order valence-electron chi connectivity index (χ2n) is 17.9. The van der Waals surface area contributed by atoms with E-state index in [9.17, 15) is 0 Å². The summed E-state index contributed by atoms with van der Waals surface area (Å²) in [5, 5.41) is 1.10. The van der Waals surface area contributed by atoms with Crippen LogP contribution in [-0.2, 0) is 10.8 Å². The molecule has 0 saturated heterocycles. The molecule has 1 atom stereocenters. The number of rotatable bonds is 6. The molecule has 0 amide bonds. The Kier molecular flexibility index (Phi) is 8.47. The van der Waals surface area contributed by atoms with Crippen molar-refractivity contribution in [3.63, 3.8) is 0 Å². The number of allylic oxidation sites excluding steroid dienone is 1. The molecule has 0 spiro atoms. The van der Waals surface area contributed by atoms with Crippen LogP contribution < -0.4 is 0 Å². The third-order valence-corrected chi connectivity index (χ3v) is 14.1. The average Bonchev–Trinajstić information content (AvgIpc) is 3.70. The first-order valence-corrected chi connectivity index (χ1v) is 20.8. The molecule has 0 fully saturated rings. The molecule has 5 heteroatoms. The van der Waals surface area contributed by atoms with E-state index >= 15 is 0 Å². The Morgan fingerprint density at radius 2 is 0.966 bits per heavy atom. The minimum atomic E-state index is -0.163. The maximum Gasteiger partial charge on any atom is 0.161 e. The Hall–Kier alpha value is -6.46. The highest BCUT2D eigenvalue weighted by molar-refractivity contribution is 5.98. The van der Waals surface area contributed by atoms with Gasteiger partial charge in [0.05, 0.1) is 22.8 Å². The highest BCUT2D eigenvalue weighted by atomic mass is 16.3. The van der Waals surface area contributed by atoms with Crippen LogP contribution in [0.5, 0.6) is 0 Å². The zero-order chi connectivity index (χ0) is 40.7. The van der Waals surface area contributed by atoms with E-state index in [4.69, 9.17) is 24.4 Å².